The van der Waals surface area contributed by atoms with Gasteiger partial charge in [-0.2, -0.15) is 16.8 Å². The molecule has 0 fully saturated rings. The van der Waals surface area contributed by atoms with Crippen molar-refractivity contribution in [3.63, 3.8) is 0 Å². The van der Waals surface area contributed by atoms with Crippen LogP contribution in [0.1, 0.15) is 55.5 Å². The van der Waals surface area contributed by atoms with E-state index < -0.39 is 30.0 Å². The van der Waals surface area contributed by atoms with Crippen molar-refractivity contribution in [2.75, 3.05) is 5.73 Å². The van der Waals surface area contributed by atoms with E-state index in [9.17, 15) is 25.9 Å². The maximum absolute atomic E-state index is 12.2. The lowest BCUT2D eigenvalue weighted by Crippen LogP contribution is -2.02. The molecule has 3 aromatic carbocycles. The molecular weight excluding hydrogens is 536 g/mol. The van der Waals surface area contributed by atoms with Crippen molar-refractivity contribution in [1.82, 2.24) is 0 Å². The molecule has 8 nitrogen and oxygen atoms in total. The van der Waals surface area contributed by atoms with E-state index >= 15 is 0 Å². The van der Waals surface area contributed by atoms with Crippen LogP contribution in [0.4, 0.5) is 11.4 Å². The molecule has 0 amide bonds. The minimum Gasteiger partial charge on any atom is -0.399 e. The largest absolute Gasteiger partial charge is 0.399 e. The van der Waals surface area contributed by atoms with Crippen molar-refractivity contribution in [3.8, 4) is 0 Å². The Bertz CT molecular complexity index is 1600. The van der Waals surface area contributed by atoms with E-state index in [1.54, 1.807) is 12.3 Å². The Hall–Kier alpha value is -3.31. The summed E-state index contributed by atoms with van der Waals surface area (Å²) in [6.45, 7) is 8.64. The van der Waals surface area contributed by atoms with Gasteiger partial charge in [-0.15, -0.1) is 0 Å². The van der Waals surface area contributed by atoms with Gasteiger partial charge in [0, 0.05) is 11.9 Å². The molecule has 0 bridgehead atoms. The molecule has 0 atom stereocenters. The van der Waals surface area contributed by atoms with Crippen LogP contribution in [0.25, 0.3) is 12.2 Å². The van der Waals surface area contributed by atoms with Crippen LogP contribution >= 0.6 is 0 Å². The maximum atomic E-state index is 12.2. The minimum atomic E-state index is -4.64. The minimum absolute atomic E-state index is 0.0913. The van der Waals surface area contributed by atoms with Gasteiger partial charge in [-0.1, -0.05) is 70.2 Å². The highest BCUT2D eigenvalue weighted by Gasteiger charge is 2.17. The number of nitrogen functional groups attached to an aromatic ring is 1. The first kappa shape index (κ1) is 30.2. The van der Waals surface area contributed by atoms with Crippen LogP contribution in [0.2, 0.25) is 0 Å². The Balaban J connectivity index is 1.99. The van der Waals surface area contributed by atoms with E-state index in [2.05, 4.69) is 50.9 Å². The van der Waals surface area contributed by atoms with E-state index in [-0.39, 0.29) is 16.8 Å². The summed E-state index contributed by atoms with van der Waals surface area (Å²) in [5.41, 5.74) is 9.57. The molecule has 0 aliphatic carbocycles. The second-order valence-corrected chi connectivity index (χ2v) is 13.1. The van der Waals surface area contributed by atoms with Crippen molar-refractivity contribution >= 4 is 50.0 Å². The summed E-state index contributed by atoms with van der Waals surface area (Å²) in [5.74, 6) is 0.979. The summed E-state index contributed by atoms with van der Waals surface area (Å²) in [7, 11) is -9.22. The number of rotatable bonds is 10. The molecule has 0 unspecified atom stereocenters. The van der Waals surface area contributed by atoms with Gasteiger partial charge in [0.25, 0.3) is 20.2 Å². The number of nitrogens with two attached hydrogens (primary N) is 1. The maximum Gasteiger partial charge on any atom is 0.295 e. The molecule has 0 aliphatic heterocycles. The highest BCUT2D eigenvalue weighted by Crippen LogP contribution is 2.27. The summed E-state index contributed by atoms with van der Waals surface area (Å²) in [4.78, 5) is 3.63. The van der Waals surface area contributed by atoms with Gasteiger partial charge in [-0.3, -0.25) is 14.1 Å². The van der Waals surface area contributed by atoms with Gasteiger partial charge in [0.1, 0.15) is 9.79 Å². The molecule has 39 heavy (non-hydrogen) atoms. The standard InChI is InChI=1S/C29H34N2O6S2/c1-19(2)11-21-13-22(12-20(3)4)15-23(14-21)18-31-27-10-8-25(29(17-27)39(35,36)37)6-5-24-7-9-26(30)16-28(24)38(32,33)34/h5-10,13-20H,11-12,30H2,1-4H3,(H,32,33,34)(H,35,36,37)/b6-5+,31-18-. The van der Waals surface area contributed by atoms with Crippen LogP contribution in [-0.4, -0.2) is 32.2 Å². The van der Waals surface area contributed by atoms with Crippen LogP contribution in [-0.2, 0) is 33.1 Å². The highest BCUT2D eigenvalue weighted by molar-refractivity contribution is 7.86. The zero-order valence-corrected chi connectivity index (χ0v) is 24.0. The molecule has 0 saturated heterocycles. The lowest BCUT2D eigenvalue weighted by atomic mass is 9.95. The van der Waals surface area contributed by atoms with Crippen LogP contribution < -0.4 is 5.73 Å². The van der Waals surface area contributed by atoms with Gasteiger partial charge in [-0.25, -0.2) is 0 Å². The van der Waals surface area contributed by atoms with Crippen molar-refractivity contribution < 1.29 is 25.9 Å². The molecule has 0 aliphatic rings. The number of benzene rings is 3. The van der Waals surface area contributed by atoms with Crippen LogP contribution in [0.3, 0.4) is 0 Å². The molecule has 10 heteroatoms. The molecule has 208 valence electrons. The van der Waals surface area contributed by atoms with E-state index in [0.29, 0.717) is 17.5 Å². The number of anilines is 1. The zero-order valence-electron chi connectivity index (χ0n) is 22.4. The lowest BCUT2D eigenvalue weighted by molar-refractivity contribution is 0.480. The molecule has 3 rings (SSSR count). The average Bonchev–Trinajstić information content (AvgIpc) is 2.80. The normalized spacial score (nSPS) is 12.8. The molecule has 0 radical (unpaired) electrons. The Morgan fingerprint density at radius 2 is 1.23 bits per heavy atom. The second-order valence-electron chi connectivity index (χ2n) is 10.3. The Labute approximate surface area is 230 Å². The van der Waals surface area contributed by atoms with Gasteiger partial charge in [0.2, 0.25) is 0 Å². The molecule has 0 spiro atoms. The smallest absolute Gasteiger partial charge is 0.295 e. The Kier molecular flexibility index (Phi) is 9.50. The fourth-order valence-corrected chi connectivity index (χ4v) is 5.67. The van der Waals surface area contributed by atoms with E-state index in [1.807, 2.05) is 0 Å². The quantitative estimate of drug-likeness (QED) is 0.116. The van der Waals surface area contributed by atoms with Gasteiger partial charge >= 0.3 is 0 Å². The first-order chi connectivity index (χ1) is 18.1. The molecule has 0 saturated carbocycles. The third-order valence-electron chi connectivity index (χ3n) is 5.76. The predicted molar refractivity (Wildman–Crippen MR) is 157 cm³/mol. The second kappa shape index (κ2) is 12.3. The number of hydrogen-bond donors (Lipinski definition) is 3. The van der Waals surface area contributed by atoms with Crippen LogP contribution in [0.15, 0.2) is 69.4 Å². The summed E-state index contributed by atoms with van der Waals surface area (Å²) < 4.78 is 67.2. The summed E-state index contributed by atoms with van der Waals surface area (Å²) >= 11 is 0. The highest BCUT2D eigenvalue weighted by atomic mass is 32.2. The van der Waals surface area contributed by atoms with Crippen LogP contribution in [0.5, 0.6) is 0 Å². The fourth-order valence-electron chi connectivity index (χ4n) is 4.25. The van der Waals surface area contributed by atoms with Crippen LogP contribution in [0, 0.1) is 11.8 Å². The molecule has 0 aromatic heterocycles. The van der Waals surface area contributed by atoms with Crippen molar-refractivity contribution in [2.24, 2.45) is 16.8 Å². The summed E-state index contributed by atoms with van der Waals surface area (Å²) in [5, 5.41) is 0. The zero-order chi connectivity index (χ0) is 29.0. The lowest BCUT2D eigenvalue weighted by Gasteiger charge is -2.11. The molecule has 3 aromatic rings. The van der Waals surface area contributed by atoms with Gasteiger partial charge in [-0.05, 0) is 76.8 Å². The van der Waals surface area contributed by atoms with Gasteiger partial charge in [0.15, 0.2) is 0 Å². The first-order valence-corrected chi connectivity index (χ1v) is 15.3. The van der Waals surface area contributed by atoms with E-state index in [4.69, 9.17) is 5.73 Å². The first-order valence-electron chi connectivity index (χ1n) is 12.5. The third-order valence-corrected chi connectivity index (χ3v) is 7.58. The topological polar surface area (TPSA) is 147 Å². The fraction of sp³-hybridized carbons (Fsp3) is 0.276. The molecule has 0 heterocycles. The van der Waals surface area contributed by atoms with E-state index in [0.717, 1.165) is 24.5 Å². The monoisotopic (exact) mass is 570 g/mol. The SMILES string of the molecule is CC(C)Cc1cc(/C=N\c2ccc(/C=C/c3ccc(N)cc3S(=O)(=O)O)c(S(=O)(=O)O)c2)cc(CC(C)C)c1. The Morgan fingerprint density at radius 3 is 1.72 bits per heavy atom. The summed E-state index contributed by atoms with van der Waals surface area (Å²) in [6.07, 6.45) is 6.15. The third kappa shape index (κ3) is 8.86. The van der Waals surface area contributed by atoms with Crippen molar-refractivity contribution in [2.45, 2.75) is 50.3 Å². The van der Waals surface area contributed by atoms with Crippen molar-refractivity contribution in [3.05, 3.63) is 82.4 Å². The molecule has 4 N–H and O–H groups in total. The van der Waals surface area contributed by atoms with Gasteiger partial charge in [0.05, 0.1) is 5.69 Å². The number of nitrogens with zero attached hydrogens (tertiary/aromatic N) is 1. The van der Waals surface area contributed by atoms with Crippen molar-refractivity contribution in [1.29, 1.82) is 0 Å². The average molecular weight is 571 g/mol. The predicted octanol–water partition coefficient (Wildman–Crippen LogP) is 6.08. The number of hydrogen-bond acceptors (Lipinski definition) is 6. The van der Waals surface area contributed by atoms with E-state index in [1.165, 1.54) is 47.5 Å². The Morgan fingerprint density at radius 1 is 0.744 bits per heavy atom. The molecular formula is C29H34N2O6S2. The number of aliphatic imine (C=N–C) groups is 1. The van der Waals surface area contributed by atoms with Gasteiger partial charge < -0.3 is 5.73 Å². The summed E-state index contributed by atoms with van der Waals surface area (Å²) in [6, 6.07) is 14.5.